The van der Waals surface area contributed by atoms with Crippen molar-refractivity contribution in [3.05, 3.63) is 0 Å². The van der Waals surface area contributed by atoms with Gasteiger partial charge in [0, 0.05) is 36.0 Å². The Bertz CT molecular complexity index is 294. The van der Waals surface area contributed by atoms with Gasteiger partial charge in [-0.1, -0.05) is 20.8 Å². The molecule has 1 N–H and O–H groups in total. The van der Waals surface area contributed by atoms with Crippen LogP contribution in [-0.2, 0) is 0 Å². The van der Waals surface area contributed by atoms with Gasteiger partial charge in [-0.2, -0.15) is 11.8 Å². The van der Waals surface area contributed by atoms with Crippen LogP contribution in [-0.4, -0.2) is 47.1 Å². The van der Waals surface area contributed by atoms with Gasteiger partial charge in [-0.05, 0) is 44.8 Å². The number of hydrogen-bond acceptors (Lipinski definition) is 3. The molecule has 1 saturated heterocycles. The molecule has 0 radical (unpaired) electrons. The van der Waals surface area contributed by atoms with E-state index in [1.165, 1.54) is 38.8 Å². The van der Waals surface area contributed by atoms with Gasteiger partial charge in [0.05, 0.1) is 0 Å². The smallest absolute Gasteiger partial charge is 0.0278 e. The van der Waals surface area contributed by atoms with Crippen molar-refractivity contribution >= 4 is 11.8 Å². The molecular formula is C16H32N2S. The lowest BCUT2D eigenvalue weighted by atomic mass is 9.88. The van der Waals surface area contributed by atoms with E-state index in [-0.39, 0.29) is 0 Å². The minimum atomic E-state index is 0.322. The van der Waals surface area contributed by atoms with Gasteiger partial charge in [-0.15, -0.1) is 0 Å². The molecule has 0 bridgehead atoms. The van der Waals surface area contributed by atoms with Crippen molar-refractivity contribution in [2.45, 2.75) is 76.3 Å². The Morgan fingerprint density at radius 3 is 2.63 bits per heavy atom. The Kier molecular flexibility index (Phi) is 5.24. The first-order valence-corrected chi connectivity index (χ1v) is 9.31. The summed E-state index contributed by atoms with van der Waals surface area (Å²) in [6.07, 6.45) is 7.75. The van der Waals surface area contributed by atoms with Crippen LogP contribution in [0.3, 0.4) is 0 Å². The molecule has 1 aliphatic carbocycles. The molecule has 1 aliphatic heterocycles. The van der Waals surface area contributed by atoms with Crippen LogP contribution >= 0.6 is 11.8 Å². The van der Waals surface area contributed by atoms with E-state index in [4.69, 9.17) is 0 Å². The van der Waals surface area contributed by atoms with Crippen LogP contribution in [0.1, 0.15) is 53.4 Å². The molecule has 4 atom stereocenters. The number of nitrogens with one attached hydrogen (secondary N) is 1. The van der Waals surface area contributed by atoms with Gasteiger partial charge < -0.3 is 5.32 Å². The van der Waals surface area contributed by atoms with Crippen molar-refractivity contribution < 1.29 is 0 Å². The van der Waals surface area contributed by atoms with Crippen LogP contribution in [0.25, 0.3) is 0 Å². The second-order valence-corrected chi connectivity index (χ2v) is 8.24. The molecule has 4 unspecified atom stereocenters. The highest BCUT2D eigenvalue weighted by molar-refractivity contribution is 7.99. The largest absolute Gasteiger partial charge is 0.309 e. The van der Waals surface area contributed by atoms with Crippen molar-refractivity contribution in [2.24, 2.45) is 5.92 Å². The maximum Gasteiger partial charge on any atom is 0.0278 e. The molecule has 3 heteroatoms. The monoisotopic (exact) mass is 284 g/mol. The highest BCUT2D eigenvalue weighted by Gasteiger charge is 2.41. The van der Waals surface area contributed by atoms with E-state index in [2.05, 4.69) is 55.9 Å². The average Bonchev–Trinajstić information content (AvgIpc) is 2.87. The predicted octanol–water partition coefficient (Wildman–Crippen LogP) is 3.37. The average molecular weight is 285 g/mol. The van der Waals surface area contributed by atoms with E-state index in [0.717, 1.165) is 23.3 Å². The van der Waals surface area contributed by atoms with Crippen LogP contribution in [0, 0.1) is 5.92 Å². The fourth-order valence-corrected chi connectivity index (χ4v) is 4.52. The summed E-state index contributed by atoms with van der Waals surface area (Å²) in [7, 11) is 0. The molecule has 112 valence electrons. The van der Waals surface area contributed by atoms with Crippen LogP contribution < -0.4 is 5.32 Å². The van der Waals surface area contributed by atoms with Crippen molar-refractivity contribution in [3.8, 4) is 0 Å². The minimum absolute atomic E-state index is 0.322. The predicted molar refractivity (Wildman–Crippen MR) is 87.0 cm³/mol. The Hall–Kier alpha value is 0.270. The summed E-state index contributed by atoms with van der Waals surface area (Å²) in [6.45, 7) is 11.9. The van der Waals surface area contributed by atoms with E-state index in [0.29, 0.717) is 5.54 Å². The number of piperazine rings is 1. The summed E-state index contributed by atoms with van der Waals surface area (Å²) < 4.78 is 0. The van der Waals surface area contributed by atoms with E-state index >= 15 is 0 Å². The normalized spacial score (nSPS) is 41.1. The zero-order valence-corrected chi connectivity index (χ0v) is 14.2. The number of hydrogen-bond donors (Lipinski definition) is 1. The molecule has 2 nitrogen and oxygen atoms in total. The molecule has 1 heterocycles. The van der Waals surface area contributed by atoms with Gasteiger partial charge in [-0.25, -0.2) is 0 Å². The van der Waals surface area contributed by atoms with Crippen molar-refractivity contribution in [1.82, 2.24) is 10.2 Å². The Labute approximate surface area is 124 Å². The molecule has 0 spiro atoms. The number of thioether (sulfide) groups is 1. The van der Waals surface area contributed by atoms with Gasteiger partial charge in [0.15, 0.2) is 0 Å². The topological polar surface area (TPSA) is 15.3 Å². The highest BCUT2D eigenvalue weighted by Crippen LogP contribution is 2.35. The van der Waals surface area contributed by atoms with Gasteiger partial charge in [0.1, 0.15) is 0 Å². The van der Waals surface area contributed by atoms with Crippen molar-refractivity contribution in [1.29, 1.82) is 0 Å². The molecule has 0 amide bonds. The summed E-state index contributed by atoms with van der Waals surface area (Å²) in [6, 6.07) is 1.56. The molecular weight excluding hydrogens is 252 g/mol. The van der Waals surface area contributed by atoms with E-state index < -0.39 is 0 Å². The van der Waals surface area contributed by atoms with Crippen LogP contribution in [0.4, 0.5) is 0 Å². The van der Waals surface area contributed by atoms with Crippen molar-refractivity contribution in [3.63, 3.8) is 0 Å². The quantitative estimate of drug-likeness (QED) is 0.852. The Morgan fingerprint density at radius 1 is 1.37 bits per heavy atom. The van der Waals surface area contributed by atoms with Gasteiger partial charge in [0.25, 0.3) is 0 Å². The molecule has 0 aromatic carbocycles. The third kappa shape index (κ3) is 3.48. The van der Waals surface area contributed by atoms with Crippen molar-refractivity contribution in [2.75, 3.05) is 19.3 Å². The van der Waals surface area contributed by atoms with Crippen LogP contribution in [0.5, 0.6) is 0 Å². The van der Waals surface area contributed by atoms with Gasteiger partial charge >= 0.3 is 0 Å². The SMILES string of the molecule is CCC1(C)CN(C2CCC(SC)C2)C(C(C)C)CN1. The standard InChI is InChI=1S/C16H32N2S/c1-6-16(4)11-18(15(10-17-16)12(2)3)13-7-8-14(9-13)19-5/h12-15,17H,6-11H2,1-5H3. The first-order valence-electron chi connectivity index (χ1n) is 8.02. The lowest BCUT2D eigenvalue weighted by Crippen LogP contribution is -2.65. The zero-order chi connectivity index (χ0) is 14.0. The van der Waals surface area contributed by atoms with Crippen LogP contribution in [0.15, 0.2) is 0 Å². The minimum Gasteiger partial charge on any atom is -0.309 e. The third-order valence-corrected chi connectivity index (χ3v) is 6.50. The summed E-state index contributed by atoms with van der Waals surface area (Å²) in [4.78, 5) is 2.86. The molecule has 0 aromatic heterocycles. The molecule has 2 rings (SSSR count). The Balaban J connectivity index is 2.08. The van der Waals surface area contributed by atoms with Crippen LogP contribution in [0.2, 0.25) is 0 Å². The Morgan fingerprint density at radius 2 is 2.11 bits per heavy atom. The maximum absolute atomic E-state index is 3.81. The third-order valence-electron chi connectivity index (χ3n) is 5.40. The summed E-state index contributed by atoms with van der Waals surface area (Å²) >= 11 is 2.07. The summed E-state index contributed by atoms with van der Waals surface area (Å²) in [5.41, 5.74) is 0.322. The fraction of sp³-hybridized carbons (Fsp3) is 1.00. The number of nitrogens with zero attached hydrogens (tertiary/aromatic N) is 1. The lowest BCUT2D eigenvalue weighted by Gasteiger charge is -2.50. The van der Waals surface area contributed by atoms with E-state index in [1.54, 1.807) is 0 Å². The fourth-order valence-electron chi connectivity index (χ4n) is 3.73. The zero-order valence-electron chi connectivity index (χ0n) is 13.4. The highest BCUT2D eigenvalue weighted by atomic mass is 32.2. The number of rotatable bonds is 4. The van der Waals surface area contributed by atoms with Gasteiger partial charge in [-0.3, -0.25) is 4.90 Å². The molecule has 2 aliphatic rings. The second kappa shape index (κ2) is 6.36. The molecule has 2 fully saturated rings. The lowest BCUT2D eigenvalue weighted by molar-refractivity contribution is 0.0266. The molecule has 19 heavy (non-hydrogen) atoms. The summed E-state index contributed by atoms with van der Waals surface area (Å²) in [5, 5.41) is 4.71. The maximum atomic E-state index is 3.81. The molecule has 1 saturated carbocycles. The summed E-state index contributed by atoms with van der Waals surface area (Å²) in [5.74, 6) is 0.752. The van der Waals surface area contributed by atoms with E-state index in [9.17, 15) is 0 Å². The molecule has 0 aromatic rings. The van der Waals surface area contributed by atoms with E-state index in [1.807, 2.05) is 0 Å². The first kappa shape index (κ1) is 15.7. The van der Waals surface area contributed by atoms with Gasteiger partial charge in [0.2, 0.25) is 0 Å². The second-order valence-electron chi connectivity index (χ2n) is 7.10. The first-order chi connectivity index (χ1) is 8.99.